The summed E-state index contributed by atoms with van der Waals surface area (Å²) < 4.78 is 0. The molecule has 5 heteroatoms. The normalized spacial score (nSPS) is 13.1. The predicted molar refractivity (Wildman–Crippen MR) is 120 cm³/mol. The maximum absolute atomic E-state index is 12.6. The van der Waals surface area contributed by atoms with Gasteiger partial charge in [0.05, 0.1) is 0 Å². The molecule has 0 aromatic heterocycles. The molecule has 0 aliphatic carbocycles. The molecule has 0 spiro atoms. The van der Waals surface area contributed by atoms with Gasteiger partial charge in [-0.3, -0.25) is 4.79 Å². The lowest BCUT2D eigenvalue weighted by Gasteiger charge is -2.32. The van der Waals surface area contributed by atoms with Gasteiger partial charge in [-0.15, -0.1) is 0 Å². The molecular weight excluding hydrogens is 350 g/mol. The second kappa shape index (κ2) is 13.8. The van der Waals surface area contributed by atoms with Crippen LogP contribution in [0.2, 0.25) is 0 Å². The van der Waals surface area contributed by atoms with Crippen LogP contribution in [-0.2, 0) is 4.79 Å². The molecular formula is C23H47N3O2. The summed E-state index contributed by atoms with van der Waals surface area (Å²) in [5, 5.41) is 8.70. The first kappa shape index (κ1) is 26.7. The van der Waals surface area contributed by atoms with Crippen molar-refractivity contribution >= 4 is 11.9 Å². The van der Waals surface area contributed by atoms with Gasteiger partial charge < -0.3 is 16.0 Å². The van der Waals surface area contributed by atoms with Gasteiger partial charge in [0.25, 0.3) is 0 Å². The van der Waals surface area contributed by atoms with Crippen LogP contribution in [0.15, 0.2) is 0 Å². The number of hydrogen-bond acceptors (Lipinski definition) is 2. The monoisotopic (exact) mass is 397 g/mol. The maximum Gasteiger partial charge on any atom is 0.315 e. The van der Waals surface area contributed by atoms with Gasteiger partial charge in [0.1, 0.15) is 6.04 Å². The van der Waals surface area contributed by atoms with E-state index in [4.69, 9.17) is 0 Å². The highest BCUT2D eigenvalue weighted by atomic mass is 16.2. The Hall–Kier alpha value is -1.26. The molecule has 0 saturated carbocycles. The standard InChI is InChI=1S/C23H47N3O2/c1-8-9-10-11-12-13-14-15-16-17-18-24-20(27)19(22(2,3)4)25-21(28)26-23(5,6)7/h19H,8-18H2,1-7H3,(H,24,27)(H2,25,26,28)/t19-/m1/s1. The third kappa shape index (κ3) is 14.8. The molecule has 0 aromatic carbocycles. The summed E-state index contributed by atoms with van der Waals surface area (Å²) in [6.45, 7) is 14.6. The zero-order valence-electron chi connectivity index (χ0n) is 19.7. The van der Waals surface area contributed by atoms with Gasteiger partial charge in [-0.1, -0.05) is 85.5 Å². The fourth-order valence-electron chi connectivity index (χ4n) is 3.11. The van der Waals surface area contributed by atoms with Gasteiger partial charge >= 0.3 is 6.03 Å². The lowest BCUT2D eigenvalue weighted by molar-refractivity contribution is -0.125. The Kier molecular flexibility index (Phi) is 13.2. The predicted octanol–water partition coefficient (Wildman–Crippen LogP) is 5.54. The van der Waals surface area contributed by atoms with E-state index in [9.17, 15) is 9.59 Å². The number of carbonyl (C=O) groups excluding carboxylic acids is 2. The fourth-order valence-corrected chi connectivity index (χ4v) is 3.11. The summed E-state index contributed by atoms with van der Waals surface area (Å²) in [5.41, 5.74) is -0.684. The molecule has 0 rings (SSSR count). The quantitative estimate of drug-likeness (QED) is 0.357. The number of nitrogens with one attached hydrogen (secondary N) is 3. The van der Waals surface area contributed by atoms with E-state index in [1.807, 2.05) is 41.5 Å². The highest BCUT2D eigenvalue weighted by Crippen LogP contribution is 2.19. The van der Waals surface area contributed by atoms with Crippen molar-refractivity contribution in [1.82, 2.24) is 16.0 Å². The molecule has 0 aliphatic rings. The first-order valence-electron chi connectivity index (χ1n) is 11.3. The summed E-state index contributed by atoms with van der Waals surface area (Å²) in [6.07, 6.45) is 12.8. The average Bonchev–Trinajstić information content (AvgIpc) is 2.54. The lowest BCUT2D eigenvalue weighted by atomic mass is 9.86. The number of amides is 3. The second-order valence-electron chi connectivity index (χ2n) is 10.1. The number of rotatable bonds is 13. The lowest BCUT2D eigenvalue weighted by Crippen LogP contribution is -2.58. The molecule has 0 fully saturated rings. The fraction of sp³-hybridized carbons (Fsp3) is 0.913. The van der Waals surface area contributed by atoms with E-state index in [0.29, 0.717) is 6.54 Å². The molecule has 0 bridgehead atoms. The van der Waals surface area contributed by atoms with Crippen LogP contribution < -0.4 is 16.0 Å². The van der Waals surface area contributed by atoms with Crippen molar-refractivity contribution in [1.29, 1.82) is 0 Å². The molecule has 0 heterocycles. The Morgan fingerprint density at radius 3 is 1.64 bits per heavy atom. The zero-order valence-corrected chi connectivity index (χ0v) is 19.7. The van der Waals surface area contributed by atoms with Crippen molar-refractivity contribution in [3.8, 4) is 0 Å². The van der Waals surface area contributed by atoms with Gasteiger partial charge in [-0.2, -0.15) is 0 Å². The van der Waals surface area contributed by atoms with Crippen LogP contribution in [0.3, 0.4) is 0 Å². The first-order chi connectivity index (χ1) is 13.0. The second-order valence-corrected chi connectivity index (χ2v) is 10.1. The van der Waals surface area contributed by atoms with E-state index in [1.54, 1.807) is 0 Å². The molecule has 28 heavy (non-hydrogen) atoms. The smallest absolute Gasteiger partial charge is 0.315 e. The van der Waals surface area contributed by atoms with Crippen molar-refractivity contribution in [2.75, 3.05) is 6.54 Å². The topological polar surface area (TPSA) is 70.2 Å². The summed E-state index contributed by atoms with van der Waals surface area (Å²) in [5.74, 6) is -0.104. The highest BCUT2D eigenvalue weighted by molar-refractivity contribution is 5.87. The number of hydrogen-bond donors (Lipinski definition) is 3. The Labute approximate surface area is 174 Å². The van der Waals surface area contributed by atoms with Gasteiger partial charge in [-0.25, -0.2) is 4.79 Å². The third-order valence-electron chi connectivity index (χ3n) is 4.72. The van der Waals surface area contributed by atoms with Gasteiger partial charge in [0, 0.05) is 12.1 Å². The van der Waals surface area contributed by atoms with Crippen LogP contribution >= 0.6 is 0 Å². The van der Waals surface area contributed by atoms with Crippen molar-refractivity contribution in [2.24, 2.45) is 5.41 Å². The average molecular weight is 398 g/mol. The number of carbonyl (C=O) groups is 2. The van der Waals surface area contributed by atoms with E-state index in [0.717, 1.165) is 12.8 Å². The van der Waals surface area contributed by atoms with Gasteiger partial charge in [0.2, 0.25) is 5.91 Å². The molecule has 0 unspecified atom stereocenters. The molecule has 0 saturated heterocycles. The molecule has 0 radical (unpaired) electrons. The van der Waals surface area contributed by atoms with Crippen LogP contribution in [0.1, 0.15) is 113 Å². The van der Waals surface area contributed by atoms with Crippen molar-refractivity contribution < 1.29 is 9.59 Å². The number of urea groups is 1. The van der Waals surface area contributed by atoms with E-state index in [2.05, 4.69) is 22.9 Å². The largest absolute Gasteiger partial charge is 0.354 e. The van der Waals surface area contributed by atoms with Crippen LogP contribution in [0, 0.1) is 5.41 Å². The molecule has 3 N–H and O–H groups in total. The minimum Gasteiger partial charge on any atom is -0.354 e. The summed E-state index contributed by atoms with van der Waals surface area (Å²) in [7, 11) is 0. The summed E-state index contributed by atoms with van der Waals surface area (Å²) >= 11 is 0. The third-order valence-corrected chi connectivity index (χ3v) is 4.72. The molecule has 1 atom stereocenters. The molecule has 0 aromatic rings. The Morgan fingerprint density at radius 1 is 0.750 bits per heavy atom. The first-order valence-corrected chi connectivity index (χ1v) is 11.3. The molecule has 0 aliphatic heterocycles. The van der Waals surface area contributed by atoms with Gasteiger partial charge in [0.15, 0.2) is 0 Å². The minimum atomic E-state index is -0.557. The van der Waals surface area contributed by atoms with E-state index < -0.39 is 6.04 Å². The summed E-state index contributed by atoms with van der Waals surface area (Å²) in [4.78, 5) is 24.8. The Balaban J connectivity index is 4.05. The van der Waals surface area contributed by atoms with Crippen molar-refractivity contribution in [2.45, 2.75) is 124 Å². The van der Waals surface area contributed by atoms with E-state index >= 15 is 0 Å². The van der Waals surface area contributed by atoms with Crippen LogP contribution in [0.25, 0.3) is 0 Å². The summed E-state index contributed by atoms with van der Waals surface area (Å²) in [6, 6.07) is -0.862. The Morgan fingerprint density at radius 2 is 1.21 bits per heavy atom. The van der Waals surface area contributed by atoms with E-state index in [-0.39, 0.29) is 22.9 Å². The minimum absolute atomic E-state index is 0.104. The Bertz CT molecular complexity index is 436. The highest BCUT2D eigenvalue weighted by Gasteiger charge is 2.33. The number of unbranched alkanes of at least 4 members (excludes halogenated alkanes) is 9. The van der Waals surface area contributed by atoms with Gasteiger partial charge in [-0.05, 0) is 32.6 Å². The zero-order chi connectivity index (χ0) is 21.6. The SMILES string of the molecule is CCCCCCCCCCCCNC(=O)[C@@H](NC(=O)NC(C)(C)C)C(C)(C)C. The molecule has 166 valence electrons. The van der Waals surface area contributed by atoms with Crippen molar-refractivity contribution in [3.63, 3.8) is 0 Å². The van der Waals surface area contributed by atoms with Crippen LogP contribution in [-0.4, -0.2) is 30.1 Å². The molecule has 3 amide bonds. The van der Waals surface area contributed by atoms with Crippen LogP contribution in [0.5, 0.6) is 0 Å². The maximum atomic E-state index is 12.6. The van der Waals surface area contributed by atoms with Crippen molar-refractivity contribution in [3.05, 3.63) is 0 Å². The van der Waals surface area contributed by atoms with E-state index in [1.165, 1.54) is 51.4 Å². The van der Waals surface area contributed by atoms with Crippen LogP contribution in [0.4, 0.5) is 4.79 Å². The molecule has 5 nitrogen and oxygen atoms in total.